The van der Waals surface area contributed by atoms with Gasteiger partial charge in [0.15, 0.2) is 0 Å². The molecule has 0 bridgehead atoms. The van der Waals surface area contributed by atoms with Crippen molar-refractivity contribution in [1.29, 1.82) is 0 Å². The number of aromatic nitrogens is 4. The van der Waals surface area contributed by atoms with E-state index >= 15 is 0 Å². The van der Waals surface area contributed by atoms with E-state index in [4.69, 9.17) is 4.74 Å². The summed E-state index contributed by atoms with van der Waals surface area (Å²) >= 11 is 1.33. The molecule has 9 heteroatoms. The van der Waals surface area contributed by atoms with Crippen molar-refractivity contribution in [2.24, 2.45) is 0 Å². The number of carbonyl (C=O) groups excluding carboxylic acids is 1. The molecule has 0 unspecified atom stereocenters. The fourth-order valence-corrected chi connectivity index (χ4v) is 3.75. The van der Waals surface area contributed by atoms with Crippen LogP contribution in [0.4, 0.5) is 5.13 Å². The van der Waals surface area contributed by atoms with Crippen LogP contribution < -0.4 is 5.32 Å². The summed E-state index contributed by atoms with van der Waals surface area (Å²) in [4.78, 5) is 14.3. The van der Waals surface area contributed by atoms with E-state index in [0.717, 1.165) is 30.2 Å². The van der Waals surface area contributed by atoms with Gasteiger partial charge in [-0.1, -0.05) is 11.3 Å². The minimum absolute atomic E-state index is 0.0656. The minimum Gasteiger partial charge on any atom is -0.377 e. The number of carbonyl (C=O) groups is 1. The van der Waals surface area contributed by atoms with Crippen LogP contribution in [0.25, 0.3) is 0 Å². The van der Waals surface area contributed by atoms with Crippen molar-refractivity contribution >= 4 is 22.4 Å². The number of hydrogen-bond acceptors (Lipinski definition) is 7. The average molecular weight is 350 g/mol. The Bertz CT molecular complexity index is 713. The lowest BCUT2D eigenvalue weighted by Crippen LogP contribution is -2.32. The van der Waals surface area contributed by atoms with Crippen LogP contribution >= 0.6 is 11.3 Å². The van der Waals surface area contributed by atoms with E-state index < -0.39 is 0 Å². The molecule has 1 atom stereocenters. The Morgan fingerprint density at radius 2 is 2.29 bits per heavy atom. The Balaban J connectivity index is 1.51. The average Bonchev–Trinajstić information content (AvgIpc) is 3.21. The van der Waals surface area contributed by atoms with Gasteiger partial charge < -0.3 is 4.74 Å². The molecule has 0 aliphatic carbocycles. The van der Waals surface area contributed by atoms with Gasteiger partial charge in [-0.05, 0) is 26.3 Å². The molecule has 0 spiro atoms. The predicted octanol–water partition coefficient (Wildman–Crippen LogP) is 1.38. The van der Waals surface area contributed by atoms with Crippen LogP contribution in [-0.2, 0) is 16.1 Å². The number of methoxy groups -OCH3 is 1. The summed E-state index contributed by atoms with van der Waals surface area (Å²) in [6, 6.07) is 2.42. The maximum absolute atomic E-state index is 12.2. The molecule has 2 aromatic heterocycles. The molecule has 3 heterocycles. The third-order valence-electron chi connectivity index (χ3n) is 3.99. The molecule has 0 saturated carbocycles. The van der Waals surface area contributed by atoms with Gasteiger partial charge >= 0.3 is 0 Å². The van der Waals surface area contributed by atoms with E-state index in [0.29, 0.717) is 24.3 Å². The first-order valence-corrected chi connectivity index (χ1v) is 8.73. The number of ether oxygens (including phenoxy) is 1. The highest BCUT2D eigenvalue weighted by Crippen LogP contribution is 2.23. The Hall–Kier alpha value is -1.84. The molecule has 1 amide bonds. The predicted molar refractivity (Wildman–Crippen MR) is 91.0 cm³/mol. The molecule has 130 valence electrons. The monoisotopic (exact) mass is 350 g/mol. The smallest absolute Gasteiger partial charge is 0.240 e. The number of aryl methyl sites for hydroxylation is 2. The number of rotatable bonds is 6. The van der Waals surface area contributed by atoms with Gasteiger partial charge in [0, 0.05) is 25.9 Å². The van der Waals surface area contributed by atoms with Crippen LogP contribution in [0.5, 0.6) is 0 Å². The molecule has 1 aliphatic heterocycles. The molecule has 1 fully saturated rings. The summed E-state index contributed by atoms with van der Waals surface area (Å²) in [5.41, 5.74) is 2.20. The van der Waals surface area contributed by atoms with Gasteiger partial charge in [0.2, 0.25) is 11.0 Å². The second-order valence-corrected chi connectivity index (χ2v) is 7.09. The van der Waals surface area contributed by atoms with Crippen molar-refractivity contribution in [3.8, 4) is 0 Å². The molecule has 1 saturated heterocycles. The van der Waals surface area contributed by atoms with Gasteiger partial charge in [0.25, 0.3) is 0 Å². The highest BCUT2D eigenvalue weighted by atomic mass is 32.1. The SMILES string of the molecule is COCc1nnc(NC(=O)CN2CC[C@H](n3nc(C)cc3C)C2)s1. The van der Waals surface area contributed by atoms with Gasteiger partial charge in [-0.3, -0.25) is 19.7 Å². The van der Waals surface area contributed by atoms with Crippen LogP contribution in [0.15, 0.2) is 6.07 Å². The summed E-state index contributed by atoms with van der Waals surface area (Å²) in [6.45, 7) is 6.56. The van der Waals surface area contributed by atoms with Crippen molar-refractivity contribution in [1.82, 2.24) is 24.9 Å². The first kappa shape index (κ1) is 17.0. The molecule has 0 aromatic carbocycles. The number of hydrogen-bond donors (Lipinski definition) is 1. The third kappa shape index (κ3) is 3.97. The summed E-state index contributed by atoms with van der Waals surface area (Å²) in [6.07, 6.45) is 1.01. The van der Waals surface area contributed by atoms with E-state index in [2.05, 4.69) is 43.2 Å². The minimum atomic E-state index is -0.0656. The Morgan fingerprint density at radius 1 is 1.46 bits per heavy atom. The van der Waals surface area contributed by atoms with Gasteiger partial charge in [0.1, 0.15) is 11.6 Å². The van der Waals surface area contributed by atoms with Gasteiger partial charge in [0.05, 0.1) is 18.3 Å². The second-order valence-electron chi connectivity index (χ2n) is 6.03. The summed E-state index contributed by atoms with van der Waals surface area (Å²) in [7, 11) is 1.60. The molecular formula is C15H22N6O2S. The fourth-order valence-electron chi connectivity index (χ4n) is 3.02. The molecule has 24 heavy (non-hydrogen) atoms. The van der Waals surface area contributed by atoms with Crippen LogP contribution in [-0.4, -0.2) is 57.5 Å². The van der Waals surface area contributed by atoms with Crippen molar-refractivity contribution in [2.75, 3.05) is 32.1 Å². The van der Waals surface area contributed by atoms with Gasteiger partial charge in [-0.2, -0.15) is 5.10 Å². The van der Waals surface area contributed by atoms with Crippen LogP contribution in [0.2, 0.25) is 0 Å². The lowest BCUT2D eigenvalue weighted by molar-refractivity contribution is -0.117. The lowest BCUT2D eigenvalue weighted by atomic mass is 10.2. The second kappa shape index (κ2) is 7.37. The fraction of sp³-hybridized carbons (Fsp3) is 0.600. The first-order valence-electron chi connectivity index (χ1n) is 7.91. The Morgan fingerprint density at radius 3 is 3.00 bits per heavy atom. The Labute approximate surface area is 144 Å². The van der Waals surface area contributed by atoms with E-state index in [1.54, 1.807) is 7.11 Å². The van der Waals surface area contributed by atoms with Gasteiger partial charge in [-0.15, -0.1) is 10.2 Å². The maximum atomic E-state index is 12.2. The summed E-state index contributed by atoms with van der Waals surface area (Å²) < 4.78 is 7.08. The zero-order chi connectivity index (χ0) is 17.1. The van der Waals surface area contributed by atoms with Crippen molar-refractivity contribution < 1.29 is 9.53 Å². The lowest BCUT2D eigenvalue weighted by Gasteiger charge is -2.16. The molecule has 2 aromatic rings. The van der Waals surface area contributed by atoms with Crippen molar-refractivity contribution in [2.45, 2.75) is 32.9 Å². The van der Waals surface area contributed by atoms with E-state index in [9.17, 15) is 4.79 Å². The normalized spacial score (nSPS) is 18.2. The number of anilines is 1. The van der Waals surface area contributed by atoms with E-state index in [1.807, 2.05) is 6.92 Å². The standard InChI is InChI=1S/C15H22N6O2S/c1-10-6-11(2)21(19-10)12-4-5-20(7-12)8-13(22)16-15-18-17-14(24-15)9-23-3/h6,12H,4-5,7-9H2,1-3H3,(H,16,18,22)/t12-/m0/s1. The van der Waals surface area contributed by atoms with Crippen molar-refractivity contribution in [3.63, 3.8) is 0 Å². The number of amides is 1. The summed E-state index contributed by atoms with van der Waals surface area (Å²) in [5, 5.41) is 16.5. The highest BCUT2D eigenvalue weighted by molar-refractivity contribution is 7.15. The number of nitrogens with one attached hydrogen (secondary N) is 1. The molecule has 3 rings (SSSR count). The van der Waals surface area contributed by atoms with E-state index in [1.165, 1.54) is 17.0 Å². The van der Waals surface area contributed by atoms with E-state index in [-0.39, 0.29) is 5.91 Å². The summed E-state index contributed by atoms with van der Waals surface area (Å²) in [5.74, 6) is -0.0656. The quantitative estimate of drug-likeness (QED) is 0.847. The molecular weight excluding hydrogens is 328 g/mol. The molecule has 1 N–H and O–H groups in total. The molecule has 8 nitrogen and oxygen atoms in total. The highest BCUT2D eigenvalue weighted by Gasteiger charge is 2.27. The van der Waals surface area contributed by atoms with Gasteiger partial charge in [-0.25, -0.2) is 0 Å². The number of nitrogens with zero attached hydrogens (tertiary/aromatic N) is 5. The number of likely N-dealkylation sites (tertiary alicyclic amines) is 1. The Kier molecular flexibility index (Phi) is 5.22. The van der Waals surface area contributed by atoms with Crippen LogP contribution in [0.3, 0.4) is 0 Å². The van der Waals surface area contributed by atoms with Crippen LogP contribution in [0, 0.1) is 13.8 Å². The first-order chi connectivity index (χ1) is 11.5. The van der Waals surface area contributed by atoms with Crippen molar-refractivity contribution in [3.05, 3.63) is 22.5 Å². The largest absolute Gasteiger partial charge is 0.377 e. The third-order valence-corrected chi connectivity index (χ3v) is 4.80. The maximum Gasteiger partial charge on any atom is 0.240 e. The molecule has 0 radical (unpaired) electrons. The zero-order valence-electron chi connectivity index (χ0n) is 14.2. The van der Waals surface area contributed by atoms with Crippen LogP contribution in [0.1, 0.15) is 28.9 Å². The zero-order valence-corrected chi connectivity index (χ0v) is 15.0. The molecule has 1 aliphatic rings. The topological polar surface area (TPSA) is 85.2 Å².